The van der Waals surface area contributed by atoms with Crippen LogP contribution in [0.25, 0.3) is 16.9 Å². The Kier molecular flexibility index (Phi) is 6.88. The van der Waals surface area contributed by atoms with Gasteiger partial charge in [0.15, 0.2) is 0 Å². The fourth-order valence-electron chi connectivity index (χ4n) is 4.27. The van der Waals surface area contributed by atoms with Crippen LogP contribution in [-0.4, -0.2) is 29.7 Å². The molecule has 1 aliphatic carbocycles. The normalized spacial score (nSPS) is 13.3. The molecular weight excluding hydrogens is 384 g/mol. The number of aryl methyl sites for hydroxylation is 1. The molecule has 31 heavy (non-hydrogen) atoms. The maximum Gasteiger partial charge on any atom is 0.251 e. The highest BCUT2D eigenvalue weighted by molar-refractivity contribution is 5.94. The van der Waals surface area contributed by atoms with Crippen LogP contribution < -0.4 is 5.32 Å². The van der Waals surface area contributed by atoms with Gasteiger partial charge in [-0.15, -0.1) is 0 Å². The van der Waals surface area contributed by atoms with Crippen molar-refractivity contribution < 1.29 is 9.53 Å². The summed E-state index contributed by atoms with van der Waals surface area (Å²) in [7, 11) is 0. The van der Waals surface area contributed by atoms with Gasteiger partial charge in [0.25, 0.3) is 5.91 Å². The van der Waals surface area contributed by atoms with E-state index >= 15 is 0 Å². The van der Waals surface area contributed by atoms with Crippen LogP contribution >= 0.6 is 0 Å². The number of nitrogens with one attached hydrogen (secondary N) is 1. The first kappa shape index (κ1) is 21.4. The second-order valence-electron chi connectivity index (χ2n) is 8.49. The topological polar surface area (TPSA) is 43.3 Å². The lowest BCUT2D eigenvalue weighted by atomic mass is 9.98. The molecule has 4 heteroatoms. The summed E-state index contributed by atoms with van der Waals surface area (Å²) in [5, 5.41) is 2.99. The van der Waals surface area contributed by atoms with E-state index in [-0.39, 0.29) is 12.0 Å². The van der Waals surface area contributed by atoms with Crippen LogP contribution in [0.1, 0.15) is 54.7 Å². The van der Waals surface area contributed by atoms with Gasteiger partial charge in [-0.2, -0.15) is 0 Å². The van der Waals surface area contributed by atoms with Gasteiger partial charge in [-0.1, -0.05) is 30.3 Å². The molecule has 0 radical (unpaired) electrons. The van der Waals surface area contributed by atoms with Crippen molar-refractivity contribution in [2.75, 3.05) is 13.2 Å². The van der Waals surface area contributed by atoms with Crippen LogP contribution in [0.2, 0.25) is 0 Å². The van der Waals surface area contributed by atoms with Crippen LogP contribution in [0, 0.1) is 0 Å². The number of nitrogens with zero attached hydrogens (tertiary/aromatic N) is 1. The lowest BCUT2D eigenvalue weighted by molar-refractivity contribution is 0.0757. The minimum absolute atomic E-state index is 0.0334. The first-order chi connectivity index (χ1) is 15.1. The number of aromatic nitrogens is 1. The van der Waals surface area contributed by atoms with Crippen molar-refractivity contribution in [3.63, 3.8) is 0 Å². The van der Waals surface area contributed by atoms with Crippen molar-refractivity contribution in [1.29, 1.82) is 0 Å². The van der Waals surface area contributed by atoms with Gasteiger partial charge in [-0.25, -0.2) is 0 Å². The highest BCUT2D eigenvalue weighted by atomic mass is 16.5. The van der Waals surface area contributed by atoms with Crippen LogP contribution in [0.3, 0.4) is 0 Å². The molecule has 4 rings (SSSR count). The molecule has 1 amide bonds. The molecule has 0 atom stereocenters. The molecule has 1 aromatic heterocycles. The fraction of sp³-hybridized carbons (Fsp3) is 0.370. The lowest BCUT2D eigenvalue weighted by Crippen LogP contribution is -2.25. The first-order valence-electron chi connectivity index (χ1n) is 11.4. The number of fused-ring (bicyclic) bond motifs is 1. The number of ether oxygens (including phenoxy) is 1. The zero-order valence-electron chi connectivity index (χ0n) is 18.6. The molecule has 1 N–H and O–H groups in total. The third kappa shape index (κ3) is 5.08. The Bertz CT molecular complexity index is 1000. The summed E-state index contributed by atoms with van der Waals surface area (Å²) in [5.74, 6) is -0.0334. The predicted octanol–water partition coefficient (Wildman–Crippen LogP) is 5.57. The molecule has 1 aliphatic rings. The van der Waals surface area contributed by atoms with Crippen molar-refractivity contribution in [1.82, 2.24) is 9.88 Å². The number of benzene rings is 2. The molecular formula is C27H32N2O2. The number of hydrogen-bond acceptors (Lipinski definition) is 2. The van der Waals surface area contributed by atoms with E-state index in [1.807, 2.05) is 26.0 Å². The SMILES string of the molecule is CC(C)OCCCNC(=O)c1ccc(-n2c(-c3ccccc3)cc3c2CCCC3)cc1. The van der Waals surface area contributed by atoms with Gasteiger partial charge < -0.3 is 14.6 Å². The molecule has 0 unspecified atom stereocenters. The van der Waals surface area contributed by atoms with E-state index in [9.17, 15) is 4.79 Å². The van der Waals surface area contributed by atoms with E-state index in [0.717, 1.165) is 24.9 Å². The number of carbonyl (C=O) groups excluding carboxylic acids is 1. The van der Waals surface area contributed by atoms with Gasteiger partial charge in [0.1, 0.15) is 0 Å². The van der Waals surface area contributed by atoms with E-state index in [2.05, 4.69) is 58.4 Å². The number of amides is 1. The zero-order chi connectivity index (χ0) is 21.6. The Balaban J connectivity index is 1.53. The molecule has 1 heterocycles. The highest BCUT2D eigenvalue weighted by Gasteiger charge is 2.20. The van der Waals surface area contributed by atoms with Gasteiger partial charge in [0.05, 0.1) is 11.8 Å². The van der Waals surface area contributed by atoms with Crippen molar-refractivity contribution >= 4 is 5.91 Å². The van der Waals surface area contributed by atoms with Crippen LogP contribution in [0.15, 0.2) is 60.7 Å². The molecule has 0 saturated heterocycles. The minimum Gasteiger partial charge on any atom is -0.379 e. The number of carbonyl (C=O) groups is 1. The summed E-state index contributed by atoms with van der Waals surface area (Å²) in [4.78, 5) is 12.5. The Morgan fingerprint density at radius 2 is 1.77 bits per heavy atom. The molecule has 0 aliphatic heterocycles. The van der Waals surface area contributed by atoms with Crippen molar-refractivity contribution in [2.45, 2.75) is 52.1 Å². The lowest BCUT2D eigenvalue weighted by Gasteiger charge is -2.18. The molecule has 162 valence electrons. The second kappa shape index (κ2) is 9.97. The zero-order valence-corrected chi connectivity index (χ0v) is 18.6. The Morgan fingerprint density at radius 1 is 1.03 bits per heavy atom. The van der Waals surface area contributed by atoms with E-state index in [4.69, 9.17) is 4.74 Å². The molecule has 0 spiro atoms. The van der Waals surface area contributed by atoms with Gasteiger partial charge in [-0.3, -0.25) is 4.79 Å². The van der Waals surface area contributed by atoms with Gasteiger partial charge in [0, 0.05) is 30.1 Å². The van der Waals surface area contributed by atoms with Gasteiger partial charge >= 0.3 is 0 Å². The van der Waals surface area contributed by atoms with E-state index in [1.165, 1.54) is 35.4 Å². The van der Waals surface area contributed by atoms with Crippen LogP contribution in [0.5, 0.6) is 0 Å². The first-order valence-corrected chi connectivity index (χ1v) is 11.4. The quantitative estimate of drug-likeness (QED) is 0.488. The van der Waals surface area contributed by atoms with Crippen molar-refractivity contribution in [3.05, 3.63) is 77.5 Å². The highest BCUT2D eigenvalue weighted by Crippen LogP contribution is 2.33. The summed E-state index contributed by atoms with van der Waals surface area (Å²) < 4.78 is 7.91. The Labute approximate surface area is 185 Å². The predicted molar refractivity (Wildman–Crippen MR) is 126 cm³/mol. The Hall–Kier alpha value is -2.85. The van der Waals surface area contributed by atoms with Crippen molar-refractivity contribution in [3.8, 4) is 16.9 Å². The average molecular weight is 417 g/mol. The number of hydrogen-bond donors (Lipinski definition) is 1. The summed E-state index contributed by atoms with van der Waals surface area (Å²) in [6.07, 6.45) is 5.77. The molecule has 3 aromatic rings. The van der Waals surface area contributed by atoms with Crippen LogP contribution in [-0.2, 0) is 17.6 Å². The third-order valence-corrected chi connectivity index (χ3v) is 5.82. The largest absolute Gasteiger partial charge is 0.379 e. The Morgan fingerprint density at radius 3 is 2.52 bits per heavy atom. The monoisotopic (exact) mass is 416 g/mol. The fourth-order valence-corrected chi connectivity index (χ4v) is 4.27. The van der Waals surface area contributed by atoms with Crippen LogP contribution in [0.4, 0.5) is 0 Å². The molecule has 0 bridgehead atoms. The van der Waals surface area contributed by atoms with Gasteiger partial charge in [0.2, 0.25) is 0 Å². The second-order valence-corrected chi connectivity index (χ2v) is 8.49. The molecule has 0 fully saturated rings. The summed E-state index contributed by atoms with van der Waals surface area (Å²) in [6, 6.07) is 20.9. The summed E-state index contributed by atoms with van der Waals surface area (Å²) >= 11 is 0. The summed E-state index contributed by atoms with van der Waals surface area (Å²) in [5.41, 5.74) is 7.12. The van der Waals surface area contributed by atoms with Crippen molar-refractivity contribution in [2.24, 2.45) is 0 Å². The maximum absolute atomic E-state index is 12.5. The molecule has 2 aromatic carbocycles. The van der Waals surface area contributed by atoms with E-state index < -0.39 is 0 Å². The van der Waals surface area contributed by atoms with E-state index in [1.54, 1.807) is 0 Å². The van der Waals surface area contributed by atoms with Gasteiger partial charge in [-0.05, 0) is 87.4 Å². The molecule has 4 nitrogen and oxygen atoms in total. The molecule has 0 saturated carbocycles. The minimum atomic E-state index is -0.0334. The number of rotatable bonds is 8. The summed E-state index contributed by atoms with van der Waals surface area (Å²) in [6.45, 7) is 5.32. The van der Waals surface area contributed by atoms with E-state index in [0.29, 0.717) is 18.7 Å². The maximum atomic E-state index is 12.5. The standard InChI is InChI=1S/C27H32N2O2/c1-20(2)31-18-8-17-28-27(30)22-13-15-24(16-14-22)29-25-12-7-6-11-23(25)19-26(29)21-9-4-3-5-10-21/h3-5,9-10,13-16,19-20H,6-8,11-12,17-18H2,1-2H3,(H,28,30). The average Bonchev–Trinajstić information content (AvgIpc) is 3.19. The third-order valence-electron chi connectivity index (χ3n) is 5.82. The smallest absolute Gasteiger partial charge is 0.251 e.